The van der Waals surface area contributed by atoms with Gasteiger partial charge in [-0.15, -0.1) is 0 Å². The van der Waals surface area contributed by atoms with Crippen LogP contribution in [-0.2, 0) is 20.1 Å². The van der Waals surface area contributed by atoms with Crippen LogP contribution in [0.4, 0.5) is 4.39 Å². The average molecular weight is 403 g/mol. The predicted octanol–water partition coefficient (Wildman–Crippen LogP) is 2.08. The van der Waals surface area contributed by atoms with Gasteiger partial charge < -0.3 is 15.0 Å². The van der Waals surface area contributed by atoms with Crippen LogP contribution in [0.15, 0.2) is 23.2 Å². The van der Waals surface area contributed by atoms with Crippen molar-refractivity contribution in [3.8, 4) is 5.75 Å². The van der Waals surface area contributed by atoms with Crippen LogP contribution in [0.1, 0.15) is 22.5 Å². The Labute approximate surface area is 172 Å². The van der Waals surface area contributed by atoms with E-state index in [4.69, 9.17) is 4.74 Å². The third-order valence-corrected chi connectivity index (χ3v) is 5.59. The molecule has 3 rings (SSSR count). The Morgan fingerprint density at radius 3 is 2.52 bits per heavy atom. The second-order valence-corrected chi connectivity index (χ2v) is 7.41. The summed E-state index contributed by atoms with van der Waals surface area (Å²) < 4.78 is 20.8. The number of aromatic nitrogens is 2. The van der Waals surface area contributed by atoms with Crippen LogP contribution in [-0.4, -0.2) is 65.9 Å². The smallest absolute Gasteiger partial charge is 0.194 e. The molecule has 1 saturated heterocycles. The number of hydrogen-bond donors (Lipinski definition) is 1. The van der Waals surface area contributed by atoms with Gasteiger partial charge >= 0.3 is 0 Å². The Balaban J connectivity index is 1.53. The fraction of sp³-hybridized carbons (Fsp3) is 0.524. The Morgan fingerprint density at radius 1 is 1.24 bits per heavy atom. The van der Waals surface area contributed by atoms with Crippen molar-refractivity contribution in [2.45, 2.75) is 26.9 Å². The summed E-state index contributed by atoms with van der Waals surface area (Å²) in [6.07, 6.45) is 0. The van der Waals surface area contributed by atoms with Crippen LogP contribution < -0.4 is 10.1 Å². The Kier molecular flexibility index (Phi) is 6.74. The summed E-state index contributed by atoms with van der Waals surface area (Å²) in [5.74, 6) is 0.879. The van der Waals surface area contributed by atoms with Gasteiger partial charge in [-0.2, -0.15) is 5.10 Å². The summed E-state index contributed by atoms with van der Waals surface area (Å²) in [6, 6.07) is 5.17. The lowest BCUT2D eigenvalue weighted by Crippen LogP contribution is -2.52. The number of rotatable bonds is 5. The van der Waals surface area contributed by atoms with E-state index in [0.29, 0.717) is 6.54 Å². The number of aryl methyl sites for hydroxylation is 2. The minimum absolute atomic E-state index is 0.285. The van der Waals surface area contributed by atoms with E-state index in [1.165, 1.54) is 18.4 Å². The van der Waals surface area contributed by atoms with Gasteiger partial charge in [0.25, 0.3) is 0 Å². The van der Waals surface area contributed by atoms with E-state index >= 15 is 0 Å². The van der Waals surface area contributed by atoms with E-state index in [1.54, 1.807) is 12.1 Å². The summed E-state index contributed by atoms with van der Waals surface area (Å²) in [7, 11) is 5.27. The zero-order chi connectivity index (χ0) is 21.0. The van der Waals surface area contributed by atoms with E-state index in [0.717, 1.165) is 49.9 Å². The largest absolute Gasteiger partial charge is 0.494 e. The minimum Gasteiger partial charge on any atom is -0.494 e. The van der Waals surface area contributed by atoms with E-state index in [-0.39, 0.29) is 11.6 Å². The second kappa shape index (κ2) is 9.26. The first-order valence-electron chi connectivity index (χ1n) is 9.92. The quantitative estimate of drug-likeness (QED) is 0.613. The molecule has 0 spiro atoms. The molecular formula is C21H31FN6O. The molecule has 29 heavy (non-hydrogen) atoms. The standard InChI is InChI=1S/C21H31FN6O/c1-15-18(16(2)26(4)25-15)13-24-21(23-3)28-10-8-27(9-11-28)14-17-6-7-20(29-5)19(22)12-17/h6-7,12H,8-11,13-14H2,1-5H3,(H,23,24). The number of aliphatic imine (C=N–C) groups is 1. The molecule has 1 fully saturated rings. The molecule has 1 aliphatic rings. The van der Waals surface area contributed by atoms with Gasteiger partial charge in [-0.1, -0.05) is 6.07 Å². The minimum atomic E-state index is -0.311. The molecule has 1 aromatic heterocycles. The third kappa shape index (κ3) is 4.87. The molecule has 0 saturated carbocycles. The van der Waals surface area contributed by atoms with E-state index < -0.39 is 0 Å². The molecule has 0 unspecified atom stereocenters. The van der Waals surface area contributed by atoms with Crippen molar-refractivity contribution in [2.75, 3.05) is 40.3 Å². The van der Waals surface area contributed by atoms with Crippen LogP contribution in [0.25, 0.3) is 0 Å². The molecule has 8 heteroatoms. The van der Waals surface area contributed by atoms with Crippen molar-refractivity contribution in [1.29, 1.82) is 0 Å². The van der Waals surface area contributed by atoms with E-state index in [1.807, 2.05) is 31.8 Å². The number of piperazine rings is 1. The van der Waals surface area contributed by atoms with Crippen molar-refractivity contribution in [3.05, 3.63) is 46.5 Å². The second-order valence-electron chi connectivity index (χ2n) is 7.41. The van der Waals surface area contributed by atoms with Crippen LogP contribution in [0, 0.1) is 19.7 Å². The van der Waals surface area contributed by atoms with Crippen molar-refractivity contribution >= 4 is 5.96 Å². The fourth-order valence-corrected chi connectivity index (χ4v) is 3.76. The summed E-state index contributed by atoms with van der Waals surface area (Å²) in [6.45, 7) is 9.12. The van der Waals surface area contributed by atoms with Crippen LogP contribution >= 0.6 is 0 Å². The summed E-state index contributed by atoms with van der Waals surface area (Å²) in [5, 5.41) is 7.95. The number of methoxy groups -OCH3 is 1. The van der Waals surface area contributed by atoms with Gasteiger partial charge in [-0.25, -0.2) is 4.39 Å². The number of nitrogens with one attached hydrogen (secondary N) is 1. The Morgan fingerprint density at radius 2 is 1.97 bits per heavy atom. The first-order valence-corrected chi connectivity index (χ1v) is 9.92. The normalized spacial score (nSPS) is 15.7. The van der Waals surface area contributed by atoms with E-state index in [2.05, 4.69) is 32.1 Å². The highest BCUT2D eigenvalue weighted by Gasteiger charge is 2.20. The first kappa shape index (κ1) is 21.1. The number of halogens is 1. The summed E-state index contributed by atoms with van der Waals surface area (Å²) in [4.78, 5) is 9.06. The van der Waals surface area contributed by atoms with Crippen molar-refractivity contribution < 1.29 is 9.13 Å². The van der Waals surface area contributed by atoms with Crippen molar-refractivity contribution in [3.63, 3.8) is 0 Å². The van der Waals surface area contributed by atoms with Crippen molar-refractivity contribution in [2.24, 2.45) is 12.0 Å². The summed E-state index contributed by atoms with van der Waals surface area (Å²) in [5.41, 5.74) is 4.39. The molecule has 1 aliphatic heterocycles. The number of hydrogen-bond acceptors (Lipinski definition) is 4. The fourth-order valence-electron chi connectivity index (χ4n) is 3.76. The highest BCUT2D eigenvalue weighted by atomic mass is 19.1. The lowest BCUT2D eigenvalue weighted by atomic mass is 10.2. The SMILES string of the molecule is CN=C(NCc1c(C)nn(C)c1C)N1CCN(Cc2ccc(OC)c(F)c2)CC1. The number of ether oxygens (including phenoxy) is 1. The van der Waals surface area contributed by atoms with Gasteiger partial charge in [-0.3, -0.25) is 14.6 Å². The molecule has 0 radical (unpaired) electrons. The molecule has 0 aliphatic carbocycles. The Bertz CT molecular complexity index is 870. The van der Waals surface area contributed by atoms with E-state index in [9.17, 15) is 4.39 Å². The molecule has 7 nitrogen and oxygen atoms in total. The lowest BCUT2D eigenvalue weighted by molar-refractivity contribution is 0.172. The van der Waals surface area contributed by atoms with Gasteiger partial charge in [0.05, 0.1) is 12.8 Å². The molecule has 158 valence electrons. The Hall–Kier alpha value is -2.61. The lowest BCUT2D eigenvalue weighted by Gasteiger charge is -2.36. The molecule has 0 bridgehead atoms. The monoisotopic (exact) mass is 402 g/mol. The molecule has 1 aromatic carbocycles. The van der Waals surface area contributed by atoms with Gasteiger partial charge in [-0.05, 0) is 31.5 Å². The maximum absolute atomic E-state index is 13.9. The molecule has 2 aromatic rings. The van der Waals surface area contributed by atoms with Crippen LogP contribution in [0.2, 0.25) is 0 Å². The highest BCUT2D eigenvalue weighted by molar-refractivity contribution is 5.80. The maximum Gasteiger partial charge on any atom is 0.194 e. The van der Waals surface area contributed by atoms with Gasteiger partial charge in [0.1, 0.15) is 0 Å². The molecule has 2 heterocycles. The first-order chi connectivity index (χ1) is 13.9. The zero-order valence-corrected chi connectivity index (χ0v) is 18.0. The van der Waals surface area contributed by atoms with Gasteiger partial charge in [0.15, 0.2) is 17.5 Å². The third-order valence-electron chi connectivity index (χ3n) is 5.59. The average Bonchev–Trinajstić information content (AvgIpc) is 2.95. The number of guanidine groups is 1. The van der Waals surface area contributed by atoms with Gasteiger partial charge in [0.2, 0.25) is 0 Å². The maximum atomic E-state index is 13.9. The zero-order valence-electron chi connectivity index (χ0n) is 18.0. The highest BCUT2D eigenvalue weighted by Crippen LogP contribution is 2.19. The number of nitrogens with zero attached hydrogens (tertiary/aromatic N) is 5. The van der Waals surface area contributed by atoms with Crippen LogP contribution in [0.3, 0.4) is 0 Å². The predicted molar refractivity (Wildman–Crippen MR) is 113 cm³/mol. The molecule has 0 atom stereocenters. The molecule has 0 amide bonds. The van der Waals surface area contributed by atoms with Crippen molar-refractivity contribution in [1.82, 2.24) is 24.9 Å². The molecule has 1 N–H and O–H groups in total. The van der Waals surface area contributed by atoms with Crippen LogP contribution in [0.5, 0.6) is 5.75 Å². The van der Waals surface area contributed by atoms with Gasteiger partial charge in [0, 0.05) is 64.6 Å². The topological polar surface area (TPSA) is 57.9 Å². The summed E-state index contributed by atoms with van der Waals surface area (Å²) >= 11 is 0. The molecular weight excluding hydrogens is 371 g/mol. The number of benzene rings is 1.